The second-order valence-electron chi connectivity index (χ2n) is 3.18. The summed E-state index contributed by atoms with van der Waals surface area (Å²) in [6.07, 6.45) is 2.36. The molecule has 0 aliphatic heterocycles. The molecule has 2 rings (SSSR count). The molecule has 0 unspecified atom stereocenters. The lowest BCUT2D eigenvalue weighted by atomic mass is 10.4. The fraction of sp³-hybridized carbons (Fsp3) is 0.300. The molecule has 2 heterocycles. The minimum Gasteiger partial charge on any atom is -0.349 e. The average Bonchev–Trinajstić information content (AvgIpc) is 2.69. The molecule has 5 heteroatoms. The summed E-state index contributed by atoms with van der Waals surface area (Å²) in [5.74, 6) is 0.759. The molecule has 0 aliphatic carbocycles. The fourth-order valence-electron chi connectivity index (χ4n) is 1.31. The summed E-state index contributed by atoms with van der Waals surface area (Å²) in [5.41, 5.74) is 0.790. The first-order chi connectivity index (χ1) is 7.31. The van der Waals surface area contributed by atoms with E-state index in [1.807, 2.05) is 35.7 Å². The predicted molar refractivity (Wildman–Crippen MR) is 55.1 cm³/mol. The summed E-state index contributed by atoms with van der Waals surface area (Å²) < 4.78 is 1.86. The first-order valence-electron chi connectivity index (χ1n) is 4.86. The number of carbonyl (C=O) groups excluding carboxylic acids is 1. The van der Waals surface area contributed by atoms with Crippen LogP contribution in [0.5, 0.6) is 0 Å². The van der Waals surface area contributed by atoms with Gasteiger partial charge in [-0.2, -0.15) is 0 Å². The van der Waals surface area contributed by atoms with Gasteiger partial charge in [0, 0.05) is 12.6 Å². The standard InChI is InChI=1S/C10H12N4O/c1-2-10(15)11-7-9-13-12-8-5-3-4-6-14(8)9/h3-6H,2,7H2,1H3,(H,11,15). The van der Waals surface area contributed by atoms with Gasteiger partial charge in [-0.05, 0) is 12.1 Å². The van der Waals surface area contributed by atoms with E-state index in [0.29, 0.717) is 13.0 Å². The molecule has 1 amide bonds. The number of nitrogens with one attached hydrogen (secondary N) is 1. The lowest BCUT2D eigenvalue weighted by molar-refractivity contribution is -0.120. The Morgan fingerprint density at radius 3 is 3.13 bits per heavy atom. The normalized spacial score (nSPS) is 10.5. The number of nitrogens with zero attached hydrogens (tertiary/aromatic N) is 3. The molecule has 2 aromatic heterocycles. The largest absolute Gasteiger partial charge is 0.349 e. The predicted octanol–water partition coefficient (Wildman–Crippen LogP) is 0.755. The molecule has 0 fully saturated rings. The van der Waals surface area contributed by atoms with Gasteiger partial charge in [0.25, 0.3) is 0 Å². The molecule has 0 bridgehead atoms. The van der Waals surface area contributed by atoms with Crippen molar-refractivity contribution in [1.82, 2.24) is 19.9 Å². The van der Waals surface area contributed by atoms with E-state index in [9.17, 15) is 4.79 Å². The molecule has 1 N–H and O–H groups in total. The van der Waals surface area contributed by atoms with Gasteiger partial charge < -0.3 is 5.32 Å². The Hall–Kier alpha value is -1.91. The van der Waals surface area contributed by atoms with Crippen molar-refractivity contribution in [2.45, 2.75) is 19.9 Å². The van der Waals surface area contributed by atoms with Gasteiger partial charge in [-0.15, -0.1) is 10.2 Å². The van der Waals surface area contributed by atoms with Gasteiger partial charge in [0.15, 0.2) is 11.5 Å². The van der Waals surface area contributed by atoms with Crippen LogP contribution in [0, 0.1) is 0 Å². The number of aromatic nitrogens is 3. The summed E-state index contributed by atoms with van der Waals surface area (Å²) in [6, 6.07) is 5.68. The number of carbonyl (C=O) groups is 1. The Bertz CT molecular complexity index is 477. The van der Waals surface area contributed by atoms with E-state index in [1.165, 1.54) is 0 Å². The zero-order chi connectivity index (χ0) is 10.7. The molecule has 0 aliphatic rings. The molecular formula is C10H12N4O. The maximum absolute atomic E-state index is 11.1. The average molecular weight is 204 g/mol. The third-order valence-corrected chi connectivity index (χ3v) is 2.15. The maximum Gasteiger partial charge on any atom is 0.220 e. The van der Waals surface area contributed by atoms with E-state index in [-0.39, 0.29) is 5.91 Å². The Kier molecular flexibility index (Phi) is 2.62. The van der Waals surface area contributed by atoms with E-state index in [4.69, 9.17) is 0 Å². The molecule has 78 valence electrons. The highest BCUT2D eigenvalue weighted by atomic mass is 16.1. The van der Waals surface area contributed by atoms with Crippen LogP contribution in [0.3, 0.4) is 0 Å². The van der Waals surface area contributed by atoms with Gasteiger partial charge in [-0.25, -0.2) is 0 Å². The van der Waals surface area contributed by atoms with Crippen LogP contribution in [0.4, 0.5) is 0 Å². The Morgan fingerprint density at radius 1 is 1.47 bits per heavy atom. The summed E-state index contributed by atoms with van der Waals surface area (Å²) >= 11 is 0. The molecule has 0 spiro atoms. The topological polar surface area (TPSA) is 59.3 Å². The van der Waals surface area contributed by atoms with Crippen LogP contribution in [0.2, 0.25) is 0 Å². The van der Waals surface area contributed by atoms with Gasteiger partial charge in [-0.3, -0.25) is 9.20 Å². The quantitative estimate of drug-likeness (QED) is 0.802. The number of hydrogen-bond donors (Lipinski definition) is 1. The SMILES string of the molecule is CCC(=O)NCc1nnc2ccccn12. The van der Waals surface area contributed by atoms with E-state index < -0.39 is 0 Å². The first-order valence-corrected chi connectivity index (χ1v) is 4.86. The van der Waals surface area contributed by atoms with Gasteiger partial charge in [0.2, 0.25) is 5.91 Å². The lowest BCUT2D eigenvalue weighted by Gasteiger charge is -2.01. The van der Waals surface area contributed by atoms with Gasteiger partial charge >= 0.3 is 0 Å². The third kappa shape index (κ3) is 1.96. The summed E-state index contributed by atoms with van der Waals surface area (Å²) in [7, 11) is 0. The van der Waals surface area contributed by atoms with E-state index in [0.717, 1.165) is 11.5 Å². The molecule has 5 nitrogen and oxygen atoms in total. The second kappa shape index (κ2) is 4.08. The van der Waals surface area contributed by atoms with Crippen molar-refractivity contribution >= 4 is 11.6 Å². The van der Waals surface area contributed by atoms with Crippen LogP contribution in [0.25, 0.3) is 5.65 Å². The van der Waals surface area contributed by atoms with Crippen LogP contribution >= 0.6 is 0 Å². The minimum atomic E-state index is 0.0164. The summed E-state index contributed by atoms with van der Waals surface area (Å²) in [6.45, 7) is 2.23. The van der Waals surface area contributed by atoms with Crippen LogP contribution in [-0.2, 0) is 11.3 Å². The van der Waals surface area contributed by atoms with Crippen LogP contribution in [0.15, 0.2) is 24.4 Å². The lowest BCUT2D eigenvalue weighted by Crippen LogP contribution is -2.22. The Labute approximate surface area is 87.1 Å². The van der Waals surface area contributed by atoms with Crippen LogP contribution in [0.1, 0.15) is 19.2 Å². The summed E-state index contributed by atoms with van der Waals surface area (Å²) in [4.78, 5) is 11.1. The fourth-order valence-corrected chi connectivity index (χ4v) is 1.31. The number of fused-ring (bicyclic) bond motifs is 1. The third-order valence-electron chi connectivity index (χ3n) is 2.15. The van der Waals surface area contributed by atoms with Crippen molar-refractivity contribution in [2.24, 2.45) is 0 Å². The highest BCUT2D eigenvalue weighted by Gasteiger charge is 2.04. The number of pyridine rings is 1. The van der Waals surface area contributed by atoms with Crippen molar-refractivity contribution in [2.75, 3.05) is 0 Å². The number of amides is 1. The molecule has 0 radical (unpaired) electrons. The maximum atomic E-state index is 11.1. The van der Waals surface area contributed by atoms with Crippen molar-refractivity contribution in [3.05, 3.63) is 30.2 Å². The molecular weight excluding hydrogens is 192 g/mol. The molecule has 0 saturated heterocycles. The smallest absolute Gasteiger partial charge is 0.220 e. The first kappa shape index (κ1) is 9.64. The summed E-state index contributed by atoms with van der Waals surface area (Å²) in [5, 5.41) is 10.7. The van der Waals surface area contributed by atoms with Gasteiger partial charge in [0.1, 0.15) is 0 Å². The van der Waals surface area contributed by atoms with Crippen molar-refractivity contribution in [1.29, 1.82) is 0 Å². The second-order valence-corrected chi connectivity index (χ2v) is 3.18. The number of hydrogen-bond acceptors (Lipinski definition) is 3. The van der Waals surface area contributed by atoms with E-state index in [2.05, 4.69) is 15.5 Å². The molecule has 0 saturated carbocycles. The minimum absolute atomic E-state index is 0.0164. The highest BCUT2D eigenvalue weighted by molar-refractivity contribution is 5.75. The van der Waals surface area contributed by atoms with Crippen molar-refractivity contribution in [3.8, 4) is 0 Å². The zero-order valence-electron chi connectivity index (χ0n) is 8.47. The number of rotatable bonds is 3. The molecule has 0 aromatic carbocycles. The van der Waals surface area contributed by atoms with Crippen LogP contribution in [-0.4, -0.2) is 20.5 Å². The molecule has 15 heavy (non-hydrogen) atoms. The zero-order valence-corrected chi connectivity index (χ0v) is 8.47. The van der Waals surface area contributed by atoms with Crippen LogP contribution < -0.4 is 5.32 Å². The van der Waals surface area contributed by atoms with E-state index in [1.54, 1.807) is 0 Å². The highest BCUT2D eigenvalue weighted by Crippen LogP contribution is 2.02. The van der Waals surface area contributed by atoms with Gasteiger partial charge in [0.05, 0.1) is 6.54 Å². The van der Waals surface area contributed by atoms with E-state index >= 15 is 0 Å². The molecule has 2 aromatic rings. The Morgan fingerprint density at radius 2 is 2.33 bits per heavy atom. The van der Waals surface area contributed by atoms with Crippen molar-refractivity contribution < 1.29 is 4.79 Å². The Balaban J connectivity index is 2.18. The van der Waals surface area contributed by atoms with Crippen molar-refractivity contribution in [3.63, 3.8) is 0 Å². The van der Waals surface area contributed by atoms with Gasteiger partial charge in [-0.1, -0.05) is 13.0 Å². The monoisotopic (exact) mass is 204 g/mol. The molecule has 0 atom stereocenters.